The molecule has 0 heterocycles. The molecule has 0 aliphatic carbocycles. The molecule has 2 aromatic rings. The molecule has 0 radical (unpaired) electrons. The molecule has 122 valence electrons. The van der Waals surface area contributed by atoms with Crippen molar-refractivity contribution in [2.75, 3.05) is 11.9 Å². The number of alkyl halides is 3. The number of aryl methyl sites for hydroxylation is 1. The summed E-state index contributed by atoms with van der Waals surface area (Å²) in [6.45, 7) is 1.60. The monoisotopic (exact) mass is 387 g/mol. The van der Waals surface area contributed by atoms with Crippen LogP contribution in [0.25, 0.3) is 0 Å². The van der Waals surface area contributed by atoms with Gasteiger partial charge in [0.2, 0.25) is 0 Å². The van der Waals surface area contributed by atoms with Gasteiger partial charge in [0, 0.05) is 10.2 Å². The van der Waals surface area contributed by atoms with Gasteiger partial charge in [0.05, 0.1) is 5.56 Å². The molecule has 0 aliphatic rings. The van der Waals surface area contributed by atoms with E-state index in [0.29, 0.717) is 5.69 Å². The second-order valence-electron chi connectivity index (χ2n) is 4.82. The van der Waals surface area contributed by atoms with Crippen molar-refractivity contribution in [3.8, 4) is 5.75 Å². The van der Waals surface area contributed by atoms with E-state index >= 15 is 0 Å². The zero-order valence-electron chi connectivity index (χ0n) is 12.1. The lowest BCUT2D eigenvalue weighted by Crippen LogP contribution is -2.20. The van der Waals surface area contributed by atoms with Gasteiger partial charge in [-0.3, -0.25) is 4.79 Å². The molecule has 0 aromatic heterocycles. The predicted octanol–water partition coefficient (Wildman–Crippen LogP) is 4.79. The standard InChI is InChI=1S/C16H13BrF3NO2/c1-10-8-12(4-7-14(10)17)21-15(22)9-23-13-5-2-11(3-6-13)16(18,19)20/h2-8H,9H2,1H3,(H,21,22). The van der Waals surface area contributed by atoms with Crippen LogP contribution in [0.1, 0.15) is 11.1 Å². The van der Waals surface area contributed by atoms with Crippen molar-refractivity contribution >= 4 is 27.5 Å². The topological polar surface area (TPSA) is 38.3 Å². The third kappa shape index (κ3) is 4.99. The fourth-order valence-electron chi connectivity index (χ4n) is 1.81. The van der Waals surface area contributed by atoms with Gasteiger partial charge in [0.15, 0.2) is 6.61 Å². The minimum absolute atomic E-state index is 0.195. The Morgan fingerprint density at radius 1 is 1.17 bits per heavy atom. The van der Waals surface area contributed by atoms with Gasteiger partial charge in [-0.2, -0.15) is 13.2 Å². The van der Waals surface area contributed by atoms with E-state index in [4.69, 9.17) is 4.74 Å². The van der Waals surface area contributed by atoms with Crippen molar-refractivity contribution in [1.29, 1.82) is 0 Å². The van der Waals surface area contributed by atoms with Crippen LogP contribution in [0.5, 0.6) is 5.75 Å². The molecule has 0 unspecified atom stereocenters. The summed E-state index contributed by atoms with van der Waals surface area (Å²) in [6.07, 6.45) is -4.39. The Hall–Kier alpha value is -2.02. The molecular weight excluding hydrogens is 375 g/mol. The molecule has 0 bridgehead atoms. The molecule has 0 saturated heterocycles. The number of hydrogen-bond acceptors (Lipinski definition) is 2. The first-order valence-corrected chi connectivity index (χ1v) is 7.41. The van der Waals surface area contributed by atoms with E-state index in [2.05, 4.69) is 21.2 Å². The summed E-state index contributed by atoms with van der Waals surface area (Å²) >= 11 is 3.36. The molecule has 0 saturated carbocycles. The van der Waals surface area contributed by atoms with Crippen molar-refractivity contribution < 1.29 is 22.7 Å². The molecule has 0 aliphatic heterocycles. The average Bonchev–Trinajstić information content (AvgIpc) is 2.48. The highest BCUT2D eigenvalue weighted by molar-refractivity contribution is 9.10. The molecule has 3 nitrogen and oxygen atoms in total. The number of anilines is 1. The van der Waals surface area contributed by atoms with Crippen molar-refractivity contribution in [2.45, 2.75) is 13.1 Å². The molecule has 7 heteroatoms. The zero-order chi connectivity index (χ0) is 17.0. The fraction of sp³-hybridized carbons (Fsp3) is 0.188. The summed E-state index contributed by atoms with van der Waals surface area (Å²) < 4.78 is 43.4. The van der Waals surface area contributed by atoms with Gasteiger partial charge in [-0.15, -0.1) is 0 Å². The third-order valence-corrected chi connectivity index (χ3v) is 3.88. The van der Waals surface area contributed by atoms with Crippen LogP contribution in [0, 0.1) is 6.92 Å². The van der Waals surface area contributed by atoms with E-state index in [1.54, 1.807) is 12.1 Å². The summed E-state index contributed by atoms with van der Waals surface area (Å²) in [5.41, 5.74) is 0.817. The Labute approximate surface area is 139 Å². The number of nitrogens with one attached hydrogen (secondary N) is 1. The average molecular weight is 388 g/mol. The number of amides is 1. The van der Waals surface area contributed by atoms with Gasteiger partial charge in [-0.1, -0.05) is 15.9 Å². The highest BCUT2D eigenvalue weighted by Crippen LogP contribution is 2.30. The van der Waals surface area contributed by atoms with E-state index in [0.717, 1.165) is 22.2 Å². The lowest BCUT2D eigenvalue weighted by atomic mass is 10.2. The van der Waals surface area contributed by atoms with Gasteiger partial charge < -0.3 is 10.1 Å². The van der Waals surface area contributed by atoms with Crippen molar-refractivity contribution in [3.63, 3.8) is 0 Å². The summed E-state index contributed by atoms with van der Waals surface area (Å²) in [5, 5.41) is 2.65. The lowest BCUT2D eigenvalue weighted by molar-refractivity contribution is -0.137. The van der Waals surface area contributed by atoms with Gasteiger partial charge in [-0.25, -0.2) is 0 Å². The Kier molecular flexibility index (Phi) is 5.30. The van der Waals surface area contributed by atoms with Crippen LogP contribution in [0.2, 0.25) is 0 Å². The second-order valence-corrected chi connectivity index (χ2v) is 5.68. The molecule has 0 atom stereocenters. The highest BCUT2D eigenvalue weighted by atomic mass is 79.9. The maximum atomic E-state index is 12.4. The number of benzene rings is 2. The Morgan fingerprint density at radius 2 is 1.83 bits per heavy atom. The summed E-state index contributed by atoms with van der Waals surface area (Å²) in [7, 11) is 0. The SMILES string of the molecule is Cc1cc(NC(=O)COc2ccc(C(F)(F)F)cc2)ccc1Br. The normalized spacial score (nSPS) is 11.2. The number of ether oxygens (including phenoxy) is 1. The van der Waals surface area contributed by atoms with E-state index in [1.165, 1.54) is 12.1 Å². The first-order chi connectivity index (χ1) is 10.8. The fourth-order valence-corrected chi connectivity index (χ4v) is 2.06. The van der Waals surface area contributed by atoms with Crippen LogP contribution >= 0.6 is 15.9 Å². The van der Waals surface area contributed by atoms with Crippen LogP contribution in [0.3, 0.4) is 0 Å². The van der Waals surface area contributed by atoms with Crippen LogP contribution in [-0.2, 0) is 11.0 Å². The van der Waals surface area contributed by atoms with E-state index in [1.807, 2.05) is 13.0 Å². The summed E-state index contributed by atoms with van der Waals surface area (Å²) in [6, 6.07) is 9.51. The maximum Gasteiger partial charge on any atom is 0.416 e. The molecule has 0 fully saturated rings. The zero-order valence-corrected chi connectivity index (χ0v) is 13.7. The van der Waals surface area contributed by atoms with Crippen LogP contribution in [0.15, 0.2) is 46.9 Å². The number of halogens is 4. The number of hydrogen-bond donors (Lipinski definition) is 1. The van der Waals surface area contributed by atoms with Crippen LogP contribution < -0.4 is 10.1 Å². The van der Waals surface area contributed by atoms with Crippen molar-refractivity contribution in [3.05, 3.63) is 58.1 Å². The first kappa shape index (κ1) is 17.3. The minimum atomic E-state index is -4.39. The van der Waals surface area contributed by atoms with Gasteiger partial charge in [0.1, 0.15) is 5.75 Å². The smallest absolute Gasteiger partial charge is 0.416 e. The Bertz CT molecular complexity index is 699. The molecule has 1 N–H and O–H groups in total. The molecule has 23 heavy (non-hydrogen) atoms. The second kappa shape index (κ2) is 7.04. The molecule has 1 amide bonds. The van der Waals surface area contributed by atoms with E-state index in [9.17, 15) is 18.0 Å². The van der Waals surface area contributed by atoms with Crippen molar-refractivity contribution in [2.24, 2.45) is 0 Å². The van der Waals surface area contributed by atoms with Gasteiger partial charge in [0.25, 0.3) is 5.91 Å². The molecule has 0 spiro atoms. The predicted molar refractivity (Wildman–Crippen MR) is 84.4 cm³/mol. The largest absolute Gasteiger partial charge is 0.484 e. The molecule has 2 aromatic carbocycles. The number of rotatable bonds is 4. The maximum absolute atomic E-state index is 12.4. The van der Waals surface area contributed by atoms with E-state index < -0.39 is 17.6 Å². The Morgan fingerprint density at radius 3 is 2.39 bits per heavy atom. The first-order valence-electron chi connectivity index (χ1n) is 6.62. The molecule has 2 rings (SSSR count). The highest BCUT2D eigenvalue weighted by Gasteiger charge is 2.30. The quantitative estimate of drug-likeness (QED) is 0.818. The lowest BCUT2D eigenvalue weighted by Gasteiger charge is -2.10. The summed E-state index contributed by atoms with van der Waals surface area (Å²) in [5.74, 6) is -0.202. The van der Waals surface area contributed by atoms with Gasteiger partial charge in [-0.05, 0) is 55.0 Å². The van der Waals surface area contributed by atoms with Crippen LogP contribution in [0.4, 0.5) is 18.9 Å². The number of carbonyl (C=O) groups excluding carboxylic acids is 1. The molecular formula is C16H13BrF3NO2. The third-order valence-electron chi connectivity index (χ3n) is 2.99. The Balaban J connectivity index is 1.90. The van der Waals surface area contributed by atoms with Crippen LogP contribution in [-0.4, -0.2) is 12.5 Å². The van der Waals surface area contributed by atoms with Crippen molar-refractivity contribution in [1.82, 2.24) is 0 Å². The minimum Gasteiger partial charge on any atom is -0.484 e. The van der Waals surface area contributed by atoms with Gasteiger partial charge >= 0.3 is 6.18 Å². The summed E-state index contributed by atoms with van der Waals surface area (Å²) in [4.78, 5) is 11.8. The van der Waals surface area contributed by atoms with E-state index in [-0.39, 0.29) is 12.4 Å². The number of carbonyl (C=O) groups is 1.